The Morgan fingerprint density at radius 1 is 1.00 bits per heavy atom. The maximum absolute atomic E-state index is 5.94. The summed E-state index contributed by atoms with van der Waals surface area (Å²) in [4.78, 5) is 0. The van der Waals surface area contributed by atoms with Crippen LogP contribution in [0.4, 0.5) is 0 Å². The van der Waals surface area contributed by atoms with Crippen LogP contribution in [0.3, 0.4) is 0 Å². The average molecular weight is 211 g/mol. The number of nitrogens with one attached hydrogen (secondary N) is 1. The molecule has 5 atom stereocenters. The van der Waals surface area contributed by atoms with Gasteiger partial charge in [0, 0.05) is 12.0 Å². The molecule has 2 rings (SSSR count). The van der Waals surface area contributed by atoms with E-state index in [0.717, 1.165) is 5.92 Å². The monoisotopic (exact) mass is 211 g/mol. The maximum Gasteiger partial charge on any atom is 0.0597 e. The molecule has 2 fully saturated rings. The van der Waals surface area contributed by atoms with Crippen molar-refractivity contribution in [1.82, 2.24) is 5.32 Å². The average Bonchev–Trinajstić information content (AvgIpc) is 2.46. The highest BCUT2D eigenvalue weighted by atomic mass is 16.5. The highest BCUT2D eigenvalue weighted by Gasteiger charge is 2.41. The van der Waals surface area contributed by atoms with Gasteiger partial charge in [0.15, 0.2) is 0 Å². The topological polar surface area (TPSA) is 21.3 Å². The van der Waals surface area contributed by atoms with Gasteiger partial charge in [-0.3, -0.25) is 0 Å². The zero-order valence-electron chi connectivity index (χ0n) is 10.3. The van der Waals surface area contributed by atoms with Gasteiger partial charge in [-0.1, -0.05) is 19.8 Å². The first-order valence-corrected chi connectivity index (χ1v) is 6.59. The van der Waals surface area contributed by atoms with Gasteiger partial charge < -0.3 is 10.1 Å². The third kappa shape index (κ3) is 2.36. The molecule has 1 N–H and O–H groups in total. The zero-order chi connectivity index (χ0) is 10.8. The quantitative estimate of drug-likeness (QED) is 0.720. The normalized spacial score (nSPS) is 47.8. The van der Waals surface area contributed by atoms with E-state index < -0.39 is 0 Å². The van der Waals surface area contributed by atoms with Gasteiger partial charge in [0.05, 0.1) is 12.2 Å². The van der Waals surface area contributed by atoms with E-state index in [0.29, 0.717) is 24.2 Å². The lowest BCUT2D eigenvalue weighted by Gasteiger charge is -2.28. The predicted octanol–water partition coefficient (Wildman–Crippen LogP) is 2.58. The number of ether oxygens (including phenoxy) is 1. The second kappa shape index (κ2) is 4.84. The predicted molar refractivity (Wildman–Crippen MR) is 62.9 cm³/mol. The van der Waals surface area contributed by atoms with Crippen LogP contribution in [0.5, 0.6) is 0 Å². The van der Waals surface area contributed by atoms with Crippen molar-refractivity contribution in [3.63, 3.8) is 0 Å². The maximum atomic E-state index is 5.94. The first kappa shape index (κ1) is 11.4. The molecule has 2 nitrogen and oxygen atoms in total. The molecule has 88 valence electrons. The lowest BCUT2D eigenvalue weighted by atomic mass is 9.82. The Kier molecular flexibility index (Phi) is 3.68. The van der Waals surface area contributed by atoms with Gasteiger partial charge >= 0.3 is 0 Å². The van der Waals surface area contributed by atoms with Gasteiger partial charge in [-0.15, -0.1) is 0 Å². The summed E-state index contributed by atoms with van der Waals surface area (Å²) in [5, 5.41) is 3.72. The molecule has 2 heterocycles. The second-order valence-corrected chi connectivity index (χ2v) is 5.39. The van der Waals surface area contributed by atoms with Crippen LogP contribution in [-0.4, -0.2) is 24.8 Å². The molecule has 0 spiro atoms. The van der Waals surface area contributed by atoms with Crippen molar-refractivity contribution in [2.45, 2.75) is 64.7 Å². The molecule has 5 unspecified atom stereocenters. The highest BCUT2D eigenvalue weighted by molar-refractivity contribution is 4.92. The largest absolute Gasteiger partial charge is 0.375 e. The van der Waals surface area contributed by atoms with Gasteiger partial charge in [0.2, 0.25) is 0 Å². The molecule has 0 aromatic carbocycles. The smallest absolute Gasteiger partial charge is 0.0597 e. The lowest BCUT2D eigenvalue weighted by molar-refractivity contribution is 0.0474. The summed E-state index contributed by atoms with van der Waals surface area (Å²) in [6.07, 6.45) is 6.36. The summed E-state index contributed by atoms with van der Waals surface area (Å²) in [6.45, 7) is 8.02. The molecule has 15 heavy (non-hydrogen) atoms. The van der Waals surface area contributed by atoms with Crippen LogP contribution >= 0.6 is 0 Å². The van der Waals surface area contributed by atoms with E-state index in [1.165, 1.54) is 32.2 Å². The van der Waals surface area contributed by atoms with Crippen molar-refractivity contribution < 1.29 is 4.74 Å². The fraction of sp³-hybridized carbons (Fsp3) is 1.00. The second-order valence-electron chi connectivity index (χ2n) is 5.39. The van der Waals surface area contributed by atoms with Crippen LogP contribution in [0.1, 0.15) is 46.5 Å². The molecular weight excluding hydrogens is 186 g/mol. The van der Waals surface area contributed by atoms with E-state index in [9.17, 15) is 0 Å². The van der Waals surface area contributed by atoms with Gasteiger partial charge in [0.25, 0.3) is 0 Å². The summed E-state index contributed by atoms with van der Waals surface area (Å²) >= 11 is 0. The minimum atomic E-state index is 0.436. The molecule has 0 aromatic rings. The molecule has 0 bridgehead atoms. The molecule has 2 aliphatic rings. The van der Waals surface area contributed by atoms with Crippen LogP contribution in [0.15, 0.2) is 0 Å². The third-order valence-electron chi connectivity index (χ3n) is 4.38. The summed E-state index contributed by atoms with van der Waals surface area (Å²) in [5.74, 6) is 1.42. The van der Waals surface area contributed by atoms with E-state index in [1.54, 1.807) is 0 Å². The van der Waals surface area contributed by atoms with Gasteiger partial charge in [0.1, 0.15) is 0 Å². The van der Waals surface area contributed by atoms with Crippen molar-refractivity contribution in [2.24, 2.45) is 11.8 Å². The SMILES string of the molecule is CC1OC(C)C(C2CCCCCN2)C1C. The van der Waals surface area contributed by atoms with Crippen LogP contribution in [0.2, 0.25) is 0 Å². The Morgan fingerprint density at radius 3 is 2.47 bits per heavy atom. The Bertz CT molecular complexity index is 199. The number of hydrogen-bond acceptors (Lipinski definition) is 2. The van der Waals surface area contributed by atoms with Crippen LogP contribution in [-0.2, 0) is 4.74 Å². The minimum absolute atomic E-state index is 0.436. The Labute approximate surface area is 93.8 Å². The summed E-state index contributed by atoms with van der Waals surface area (Å²) in [6, 6.07) is 0.697. The molecule has 0 aromatic heterocycles. The summed E-state index contributed by atoms with van der Waals surface area (Å²) in [7, 11) is 0. The molecule has 0 aliphatic carbocycles. The van der Waals surface area contributed by atoms with Crippen molar-refractivity contribution in [3.05, 3.63) is 0 Å². The van der Waals surface area contributed by atoms with Crippen LogP contribution < -0.4 is 5.32 Å². The van der Waals surface area contributed by atoms with Crippen molar-refractivity contribution in [1.29, 1.82) is 0 Å². The Hall–Kier alpha value is -0.0800. The molecule has 2 saturated heterocycles. The first-order valence-electron chi connectivity index (χ1n) is 6.59. The van der Waals surface area contributed by atoms with E-state index >= 15 is 0 Å². The van der Waals surface area contributed by atoms with Gasteiger partial charge in [-0.25, -0.2) is 0 Å². The van der Waals surface area contributed by atoms with Crippen LogP contribution in [0, 0.1) is 11.8 Å². The summed E-state index contributed by atoms with van der Waals surface area (Å²) < 4.78 is 5.94. The van der Waals surface area contributed by atoms with E-state index in [4.69, 9.17) is 4.74 Å². The molecule has 2 aliphatic heterocycles. The van der Waals surface area contributed by atoms with Crippen molar-refractivity contribution >= 4 is 0 Å². The molecular formula is C13H25NO. The van der Waals surface area contributed by atoms with E-state index in [1.807, 2.05) is 0 Å². The fourth-order valence-corrected chi connectivity index (χ4v) is 3.37. The highest BCUT2D eigenvalue weighted by Crippen LogP contribution is 2.36. The standard InChI is InChI=1S/C13H25NO/c1-9-10(2)15-11(3)13(9)12-7-5-4-6-8-14-12/h9-14H,4-8H2,1-3H3. The molecule has 0 amide bonds. The van der Waals surface area contributed by atoms with Crippen molar-refractivity contribution in [3.8, 4) is 0 Å². The molecule has 0 saturated carbocycles. The van der Waals surface area contributed by atoms with E-state index in [-0.39, 0.29) is 0 Å². The fourth-order valence-electron chi connectivity index (χ4n) is 3.37. The first-order chi connectivity index (χ1) is 7.20. The Balaban J connectivity index is 2.01. The lowest BCUT2D eigenvalue weighted by Crippen LogP contribution is -2.41. The van der Waals surface area contributed by atoms with Gasteiger partial charge in [-0.2, -0.15) is 0 Å². The van der Waals surface area contributed by atoms with E-state index in [2.05, 4.69) is 26.1 Å². The number of hydrogen-bond donors (Lipinski definition) is 1. The third-order valence-corrected chi connectivity index (χ3v) is 4.38. The molecule has 2 heteroatoms. The van der Waals surface area contributed by atoms with Crippen LogP contribution in [0.25, 0.3) is 0 Å². The van der Waals surface area contributed by atoms with Crippen molar-refractivity contribution in [2.75, 3.05) is 6.54 Å². The zero-order valence-corrected chi connectivity index (χ0v) is 10.3. The molecule has 0 radical (unpaired) electrons. The minimum Gasteiger partial charge on any atom is -0.375 e. The Morgan fingerprint density at radius 2 is 1.80 bits per heavy atom. The van der Waals surface area contributed by atoms with Gasteiger partial charge in [-0.05, 0) is 39.2 Å². The summed E-state index contributed by atoms with van der Waals surface area (Å²) in [5.41, 5.74) is 0. The number of rotatable bonds is 1.